The van der Waals surface area contributed by atoms with Crippen molar-refractivity contribution in [3.05, 3.63) is 112 Å². The van der Waals surface area contributed by atoms with Gasteiger partial charge >= 0.3 is 24.4 Å². The maximum atomic E-state index is 12.7. The Bertz CT molecular complexity index is 2730. The van der Waals surface area contributed by atoms with E-state index in [-0.39, 0.29) is 66.4 Å². The van der Waals surface area contributed by atoms with Crippen molar-refractivity contribution >= 4 is 36.0 Å². The molecule has 0 radical (unpaired) electrons. The number of ether oxygens (including phenoxy) is 7. The highest BCUT2D eigenvalue weighted by atomic mass is 35.5. The SMILES string of the molecule is CC(C)(C)OC(=O)N1C[C@@H]2C(Oc3cc(C(C)(C)NC(=O)OCc4ccccc4)cc(Cl)n3)[C@@H]2C1.CC(C)(C)OC(=O)N1C[C@@H]2C(Oc3cc(C(C)(C)NC(=O)OCc4ccccc4)cc(OCC45CC(C4)C5)n3)[C@@H]2C1. The molecule has 5 aliphatic carbocycles. The lowest BCUT2D eigenvalue weighted by Gasteiger charge is -2.61. The number of rotatable bonds is 15. The van der Waals surface area contributed by atoms with Gasteiger partial charge in [0.25, 0.3) is 0 Å². The van der Waals surface area contributed by atoms with Gasteiger partial charge in [-0.05, 0) is 123 Å². The second-order valence-electron chi connectivity index (χ2n) is 24.5. The van der Waals surface area contributed by atoms with Crippen LogP contribution in [-0.4, -0.2) is 100 Å². The molecule has 2 N–H and O–H groups in total. The molecule has 2 aliphatic heterocycles. The number of likely N-dealkylation sites (tertiary alicyclic amines) is 2. The van der Waals surface area contributed by atoms with Crippen LogP contribution in [-0.2, 0) is 43.2 Å². The molecule has 4 aromatic rings. The Morgan fingerprint density at radius 2 is 0.974 bits per heavy atom. The number of piperidine rings is 2. The van der Waals surface area contributed by atoms with Crippen molar-refractivity contribution in [1.82, 2.24) is 30.4 Å². The third kappa shape index (κ3) is 13.5. The second kappa shape index (κ2) is 21.1. The fourth-order valence-electron chi connectivity index (χ4n) is 10.6. The number of fused-ring (bicyclic) bond motifs is 2. The maximum Gasteiger partial charge on any atom is 0.410 e. The van der Waals surface area contributed by atoms with Gasteiger partial charge in [0.2, 0.25) is 17.6 Å². The van der Waals surface area contributed by atoms with E-state index in [2.05, 4.69) is 15.6 Å². The normalized spacial score (nSPS) is 24.6. The lowest BCUT2D eigenvalue weighted by atomic mass is 9.45. The number of nitrogens with one attached hydrogen (secondary N) is 2. The van der Waals surface area contributed by atoms with E-state index in [9.17, 15) is 19.2 Å². The van der Waals surface area contributed by atoms with Crippen LogP contribution >= 0.6 is 11.6 Å². The molecule has 4 heterocycles. The molecule has 2 unspecified atom stereocenters. The summed E-state index contributed by atoms with van der Waals surface area (Å²) in [5.41, 5.74) is 1.11. The van der Waals surface area contributed by atoms with Crippen LogP contribution in [0.25, 0.3) is 0 Å². The van der Waals surface area contributed by atoms with Gasteiger partial charge in [0, 0.05) is 73.5 Å². The molecule has 0 spiro atoms. The van der Waals surface area contributed by atoms with Crippen molar-refractivity contribution in [2.75, 3.05) is 32.8 Å². The largest absolute Gasteiger partial charge is 0.477 e. The smallest absolute Gasteiger partial charge is 0.410 e. The van der Waals surface area contributed by atoms with E-state index >= 15 is 0 Å². The summed E-state index contributed by atoms with van der Waals surface area (Å²) in [5, 5.41) is 6.14. The van der Waals surface area contributed by atoms with Gasteiger partial charge in [0.15, 0.2) is 0 Å². The minimum atomic E-state index is -0.772. The summed E-state index contributed by atoms with van der Waals surface area (Å²) in [7, 11) is 0. The number of aromatic nitrogens is 2. The zero-order valence-corrected chi connectivity index (χ0v) is 46.1. The lowest BCUT2D eigenvalue weighted by Crippen LogP contribution is -2.55. The number of pyridine rings is 2. The molecule has 11 rings (SSSR count). The number of halogens is 1. The average Bonchev–Trinajstić information content (AvgIpc) is 4.00. The highest BCUT2D eigenvalue weighted by Crippen LogP contribution is 2.64. The van der Waals surface area contributed by atoms with Crippen LogP contribution in [0.5, 0.6) is 17.6 Å². The van der Waals surface area contributed by atoms with Gasteiger partial charge in [-0.25, -0.2) is 24.2 Å². The molecule has 6 atom stereocenters. The van der Waals surface area contributed by atoms with Crippen LogP contribution < -0.4 is 24.8 Å². The van der Waals surface area contributed by atoms with Gasteiger partial charge in [-0.1, -0.05) is 72.3 Å². The topological polar surface area (TPSA) is 189 Å². The Morgan fingerprint density at radius 1 is 0.579 bits per heavy atom. The molecule has 5 saturated carbocycles. The van der Waals surface area contributed by atoms with E-state index in [4.69, 9.17) is 49.7 Å². The van der Waals surface area contributed by atoms with Gasteiger partial charge in [0.05, 0.1) is 17.7 Å². The number of hydrogen-bond donors (Lipinski definition) is 2. The van der Waals surface area contributed by atoms with E-state index in [1.807, 2.05) is 142 Å². The first-order valence-electron chi connectivity index (χ1n) is 26.4. The number of amides is 4. The lowest BCUT2D eigenvalue weighted by molar-refractivity contribution is -0.132. The van der Waals surface area contributed by atoms with Crippen LogP contribution in [0.1, 0.15) is 111 Å². The van der Waals surface area contributed by atoms with Gasteiger partial charge in [-0.2, -0.15) is 4.98 Å². The predicted octanol–water partition coefficient (Wildman–Crippen LogP) is 10.8. The first kappa shape index (κ1) is 54.3. The molecule has 408 valence electrons. The van der Waals surface area contributed by atoms with Gasteiger partial charge in [-0.3, -0.25) is 0 Å². The predicted molar refractivity (Wildman–Crippen MR) is 283 cm³/mol. The summed E-state index contributed by atoms with van der Waals surface area (Å²) in [4.78, 5) is 62.4. The molecule has 2 aromatic carbocycles. The highest BCUT2D eigenvalue weighted by molar-refractivity contribution is 6.29. The molecule has 17 nitrogen and oxygen atoms in total. The van der Waals surface area contributed by atoms with Gasteiger partial charge < -0.3 is 53.6 Å². The quantitative estimate of drug-likeness (QED) is 0.0846. The number of carbonyl (C=O) groups is 4. The molecule has 4 amide bonds. The number of hydrogen-bond acceptors (Lipinski definition) is 13. The van der Waals surface area contributed by atoms with Crippen molar-refractivity contribution in [2.45, 2.75) is 136 Å². The standard InChI is InChI=1S/C32H41N3O6.C26H32ClN3O5/c1-30(2,3)41-29(37)35-16-23-24(17-35)27(23)40-26-12-22(11-25(33-26)39-19-32-13-21(14-32)15-32)31(4,5)34-28(36)38-18-20-9-7-6-8-10-20;1-25(2,3)35-24(32)30-13-18-19(14-30)22(18)34-21-12-17(11-20(27)28-21)26(4,5)29-23(31)33-15-16-9-7-6-8-10-16/h6-12,21,23-24,27H,13-19H2,1-5H3,(H,34,36);6-12,18-19,22H,13-15H2,1-5H3,(H,29,31)/t21?,23-,24+,27?,32?;18-,19+,22?. The Kier molecular flexibility index (Phi) is 15.1. The zero-order valence-electron chi connectivity index (χ0n) is 45.4. The van der Waals surface area contributed by atoms with Crippen LogP contribution in [0.15, 0.2) is 84.9 Å². The number of benzene rings is 2. The molecular formula is C58H73ClN6O11. The van der Waals surface area contributed by atoms with Crippen molar-refractivity contribution in [2.24, 2.45) is 35.0 Å². The third-order valence-electron chi connectivity index (χ3n) is 15.0. The minimum absolute atomic E-state index is 0.0196. The van der Waals surface area contributed by atoms with Crippen LogP contribution in [0.2, 0.25) is 5.15 Å². The Morgan fingerprint density at radius 3 is 1.37 bits per heavy atom. The van der Waals surface area contributed by atoms with Crippen molar-refractivity contribution < 1.29 is 52.3 Å². The second-order valence-corrected chi connectivity index (χ2v) is 24.9. The van der Waals surface area contributed by atoms with E-state index in [0.717, 1.165) is 28.2 Å². The van der Waals surface area contributed by atoms with E-state index in [0.29, 0.717) is 55.8 Å². The molecule has 2 bridgehead atoms. The van der Waals surface area contributed by atoms with Crippen molar-refractivity contribution in [3.63, 3.8) is 0 Å². The fraction of sp³-hybridized carbons (Fsp3) is 0.552. The molecule has 76 heavy (non-hydrogen) atoms. The van der Waals surface area contributed by atoms with Crippen LogP contribution in [0, 0.1) is 35.0 Å². The summed E-state index contributed by atoms with van der Waals surface area (Å²) in [6.45, 7) is 22.2. The first-order valence-corrected chi connectivity index (χ1v) is 26.8. The summed E-state index contributed by atoms with van der Waals surface area (Å²) < 4.78 is 40.6. The van der Waals surface area contributed by atoms with E-state index in [1.54, 1.807) is 21.9 Å². The number of carbonyl (C=O) groups excluding carboxylic acids is 4. The molecule has 7 aliphatic rings. The van der Waals surface area contributed by atoms with E-state index < -0.39 is 34.5 Å². The average molecular weight is 1070 g/mol. The Balaban J connectivity index is 0.000000188. The van der Waals surface area contributed by atoms with Gasteiger partial charge in [-0.15, -0.1) is 0 Å². The van der Waals surface area contributed by atoms with Crippen LogP contribution in [0.3, 0.4) is 0 Å². The monoisotopic (exact) mass is 1060 g/mol. The Labute approximate surface area is 451 Å². The minimum Gasteiger partial charge on any atom is -0.477 e. The molecular weight excluding hydrogens is 992 g/mol. The van der Waals surface area contributed by atoms with Gasteiger partial charge in [0.1, 0.15) is 41.8 Å². The van der Waals surface area contributed by atoms with Crippen molar-refractivity contribution in [1.29, 1.82) is 0 Å². The molecule has 2 aromatic heterocycles. The molecule has 18 heteroatoms. The number of nitrogens with zero attached hydrogens (tertiary/aromatic N) is 4. The molecule has 7 fully saturated rings. The summed E-state index contributed by atoms with van der Waals surface area (Å²) in [5.74, 6) is 3.20. The highest BCUT2D eigenvalue weighted by Gasteiger charge is 2.61. The Hall–Kier alpha value is -6.49. The van der Waals surface area contributed by atoms with E-state index in [1.165, 1.54) is 19.3 Å². The number of alkyl carbamates (subject to hydrolysis) is 2. The third-order valence-corrected chi connectivity index (χ3v) is 15.2. The summed E-state index contributed by atoms with van der Waals surface area (Å²) in [6.07, 6.45) is 2.04. The fourth-order valence-corrected chi connectivity index (χ4v) is 10.8. The summed E-state index contributed by atoms with van der Waals surface area (Å²) >= 11 is 6.28. The molecule has 2 saturated heterocycles. The summed E-state index contributed by atoms with van der Waals surface area (Å²) in [6, 6.07) is 26.3. The maximum absolute atomic E-state index is 12.7. The first-order chi connectivity index (χ1) is 35.8. The zero-order chi connectivity index (χ0) is 54.4. The van der Waals surface area contributed by atoms with Crippen LogP contribution in [0.4, 0.5) is 19.2 Å². The van der Waals surface area contributed by atoms with Crippen molar-refractivity contribution in [3.8, 4) is 17.6 Å².